The molecule has 48 heavy (non-hydrogen) atoms. The number of nitrogens with one attached hydrogen (secondary N) is 4. The molecular formula is C32H39N9O7. The molecule has 1 aliphatic rings. The molecule has 1 aliphatic heterocycles. The Hall–Kier alpha value is -5.95. The van der Waals surface area contributed by atoms with Crippen LogP contribution in [-0.4, -0.2) is 98.2 Å². The van der Waals surface area contributed by atoms with Crippen LogP contribution in [0.3, 0.4) is 0 Å². The molecule has 0 saturated heterocycles. The summed E-state index contributed by atoms with van der Waals surface area (Å²) in [6.07, 6.45) is 2.23. The fraction of sp³-hybridized carbons (Fsp3) is 0.344. The number of aliphatic imine (C=N–C) groups is 1. The van der Waals surface area contributed by atoms with E-state index < -0.39 is 54.2 Å². The van der Waals surface area contributed by atoms with Crippen LogP contribution in [0.2, 0.25) is 0 Å². The predicted octanol–water partition coefficient (Wildman–Crippen LogP) is -1.26. The summed E-state index contributed by atoms with van der Waals surface area (Å²) in [5.74, 6) is -3.29. The molecule has 5 amide bonds. The van der Waals surface area contributed by atoms with Crippen molar-refractivity contribution in [1.82, 2.24) is 26.2 Å². The molecule has 16 nitrogen and oxygen atoms in total. The van der Waals surface area contributed by atoms with Crippen molar-refractivity contribution in [2.24, 2.45) is 16.5 Å². The summed E-state index contributed by atoms with van der Waals surface area (Å²) < 4.78 is 5.87. The highest BCUT2D eigenvalue weighted by Gasteiger charge is 2.33. The number of aromatic hydroxyl groups is 1. The van der Waals surface area contributed by atoms with Gasteiger partial charge in [-0.05, 0) is 42.3 Å². The van der Waals surface area contributed by atoms with E-state index in [0.717, 1.165) is 11.1 Å². The smallest absolute Gasteiger partial charge is 0.254 e. The van der Waals surface area contributed by atoms with Crippen LogP contribution in [0.25, 0.3) is 11.1 Å². The van der Waals surface area contributed by atoms with Gasteiger partial charge in [0.2, 0.25) is 23.6 Å². The lowest BCUT2D eigenvalue weighted by molar-refractivity contribution is -0.140. The minimum Gasteiger partial charge on any atom is -0.507 e. The average Bonchev–Trinajstić information content (AvgIpc) is 3.07. The molecule has 0 aliphatic carbocycles. The number of amides is 5. The van der Waals surface area contributed by atoms with Crippen molar-refractivity contribution in [3.63, 3.8) is 0 Å². The first kappa shape index (κ1) is 36.5. The molecule has 1 heterocycles. The molecule has 16 heteroatoms. The third-order valence-electron chi connectivity index (χ3n) is 7.35. The molecule has 0 saturated carbocycles. The summed E-state index contributed by atoms with van der Waals surface area (Å²) in [5, 5.41) is 30.0. The van der Waals surface area contributed by atoms with E-state index in [-0.39, 0.29) is 48.6 Å². The Morgan fingerprint density at radius 2 is 1.90 bits per heavy atom. The highest BCUT2D eigenvalue weighted by atomic mass is 16.5. The molecule has 0 unspecified atom stereocenters. The first-order chi connectivity index (χ1) is 22.9. The third-order valence-corrected chi connectivity index (χ3v) is 7.35. The van der Waals surface area contributed by atoms with E-state index in [1.54, 1.807) is 30.3 Å². The van der Waals surface area contributed by atoms with Crippen LogP contribution in [0.4, 0.5) is 0 Å². The van der Waals surface area contributed by atoms with Gasteiger partial charge in [0.05, 0.1) is 18.2 Å². The number of benzene rings is 2. The molecule has 9 N–H and O–H groups in total. The van der Waals surface area contributed by atoms with E-state index in [1.807, 2.05) is 6.07 Å². The number of hydrogen-bond acceptors (Lipinski definition) is 11. The highest BCUT2D eigenvalue weighted by molar-refractivity contribution is 6.12. The zero-order valence-electron chi connectivity index (χ0n) is 26.8. The van der Waals surface area contributed by atoms with Crippen molar-refractivity contribution >= 4 is 35.8 Å². The Morgan fingerprint density at radius 1 is 1.15 bits per heavy atom. The lowest BCUT2D eigenvalue weighted by atomic mass is 9.93. The van der Waals surface area contributed by atoms with Gasteiger partial charge >= 0.3 is 0 Å². The number of hydrogen-bond donors (Lipinski definition) is 7. The Labute approximate surface area is 277 Å². The molecule has 254 valence electrons. The number of rotatable bonds is 10. The second-order valence-corrected chi connectivity index (χ2v) is 10.7. The van der Waals surface area contributed by atoms with Crippen molar-refractivity contribution in [3.05, 3.63) is 59.3 Å². The third kappa shape index (κ3) is 9.07. The first-order valence-corrected chi connectivity index (χ1v) is 14.9. The van der Waals surface area contributed by atoms with Crippen LogP contribution >= 0.6 is 0 Å². The van der Waals surface area contributed by atoms with Crippen molar-refractivity contribution in [1.29, 1.82) is 5.26 Å². The molecule has 4 bridgehead atoms. The van der Waals surface area contributed by atoms with Crippen LogP contribution in [0.15, 0.2) is 53.2 Å². The second-order valence-electron chi connectivity index (χ2n) is 10.7. The van der Waals surface area contributed by atoms with Gasteiger partial charge in [0.25, 0.3) is 5.91 Å². The zero-order valence-corrected chi connectivity index (χ0v) is 26.8. The predicted molar refractivity (Wildman–Crippen MR) is 175 cm³/mol. The van der Waals surface area contributed by atoms with Gasteiger partial charge in [0.1, 0.15) is 42.8 Å². The van der Waals surface area contributed by atoms with Crippen LogP contribution in [0, 0.1) is 11.3 Å². The topological polar surface area (TPSA) is 254 Å². The molecular weight excluding hydrogens is 622 g/mol. The van der Waals surface area contributed by atoms with E-state index in [4.69, 9.17) is 21.5 Å². The number of nitrogens with two attached hydrogens (primary N) is 2. The van der Waals surface area contributed by atoms with Gasteiger partial charge < -0.3 is 47.5 Å². The first-order valence-electron chi connectivity index (χ1n) is 14.9. The second kappa shape index (κ2) is 17.1. The summed E-state index contributed by atoms with van der Waals surface area (Å²) in [6, 6.07) is 7.43. The molecule has 0 radical (unpaired) electrons. The van der Waals surface area contributed by atoms with Crippen LogP contribution in [0.5, 0.6) is 11.5 Å². The van der Waals surface area contributed by atoms with E-state index >= 15 is 0 Å². The molecule has 2 aromatic carbocycles. The van der Waals surface area contributed by atoms with Gasteiger partial charge in [0, 0.05) is 50.6 Å². The fourth-order valence-electron chi connectivity index (χ4n) is 4.89. The number of carbonyl (C=O) groups excluding carboxylic acids is 5. The Balaban J connectivity index is 2.15. The molecule has 0 fully saturated rings. The SMILES string of the molecule is C/N=C\C(=C/N)C(=O)NCC(=O)N(C)[C@H]1C(=O)N[C@H](C)C(=O)N[C@@H](C(=O)NCC#N)Cc2ccc(O)c(c2)-c2cc1ccc2OCCN. The fourth-order valence-corrected chi connectivity index (χ4v) is 4.89. The van der Waals surface area contributed by atoms with Crippen molar-refractivity contribution in [3.8, 4) is 28.7 Å². The molecule has 0 spiro atoms. The Bertz CT molecular complexity index is 1650. The monoisotopic (exact) mass is 661 g/mol. The van der Waals surface area contributed by atoms with E-state index in [9.17, 15) is 29.1 Å². The maximum Gasteiger partial charge on any atom is 0.254 e. The largest absolute Gasteiger partial charge is 0.507 e. The molecule has 2 aromatic rings. The standard InChI is InChI=1S/C32H39N9O7/c1-18-29(44)40-24(31(46)37-10-8-33)13-19-4-6-25(42)22(12-19)23-14-20(5-7-26(23)48-11-9-34)28(32(47)39-18)41(3)27(43)17-38-30(45)21(15-35)16-36-2/h4-7,12,14-16,18,24,28,42H,9-11,13,17,34-35H2,1-3H3,(H,37,46)(H,38,45)(H,39,47)(H,40,44)/b21-15+,36-16-/t18-,24-,28-/m1/s1. The maximum absolute atomic E-state index is 13.9. The van der Waals surface area contributed by atoms with Crippen molar-refractivity contribution < 1.29 is 33.8 Å². The average molecular weight is 662 g/mol. The molecule has 0 aromatic heterocycles. The summed E-state index contributed by atoms with van der Waals surface area (Å²) in [5.41, 5.74) is 12.6. The van der Waals surface area contributed by atoms with Gasteiger partial charge in [-0.25, -0.2) is 0 Å². The lowest BCUT2D eigenvalue weighted by Crippen LogP contribution is -2.55. The summed E-state index contributed by atoms with van der Waals surface area (Å²) in [7, 11) is 2.80. The van der Waals surface area contributed by atoms with Gasteiger partial charge in [-0.2, -0.15) is 5.26 Å². The summed E-state index contributed by atoms with van der Waals surface area (Å²) in [6.45, 7) is 0.902. The Morgan fingerprint density at radius 3 is 2.56 bits per heavy atom. The normalized spacial score (nSPS) is 18.1. The molecule has 3 atom stereocenters. The number of carbonyl (C=O) groups is 5. The Kier molecular flexibility index (Phi) is 13.0. The number of fused-ring (bicyclic) bond motifs is 5. The highest BCUT2D eigenvalue weighted by Crippen LogP contribution is 2.39. The van der Waals surface area contributed by atoms with E-state index in [1.165, 1.54) is 33.3 Å². The van der Waals surface area contributed by atoms with E-state index in [2.05, 4.69) is 26.3 Å². The van der Waals surface area contributed by atoms with Crippen LogP contribution < -0.4 is 37.5 Å². The number of likely N-dealkylation sites (N-methyl/N-ethyl adjacent to an activating group) is 1. The van der Waals surface area contributed by atoms with Gasteiger partial charge in [0.15, 0.2) is 0 Å². The van der Waals surface area contributed by atoms with Gasteiger partial charge in [-0.3, -0.25) is 29.0 Å². The summed E-state index contributed by atoms with van der Waals surface area (Å²) in [4.78, 5) is 70.9. The number of phenolic OH excluding ortho intramolecular Hbond substituents is 1. The summed E-state index contributed by atoms with van der Waals surface area (Å²) >= 11 is 0. The van der Waals surface area contributed by atoms with Crippen molar-refractivity contribution in [2.75, 3.05) is 40.3 Å². The van der Waals surface area contributed by atoms with E-state index in [0.29, 0.717) is 16.9 Å². The quantitative estimate of drug-likeness (QED) is 0.0904. The lowest BCUT2D eigenvalue weighted by Gasteiger charge is -2.30. The van der Waals surface area contributed by atoms with Crippen molar-refractivity contribution in [2.45, 2.75) is 31.5 Å². The number of ether oxygens (including phenoxy) is 1. The minimum atomic E-state index is -1.35. The number of phenols is 1. The van der Waals surface area contributed by atoms with Crippen LogP contribution in [-0.2, 0) is 30.4 Å². The minimum absolute atomic E-state index is 0.0166. The van der Waals surface area contributed by atoms with Gasteiger partial charge in [-0.15, -0.1) is 0 Å². The number of nitriles is 1. The van der Waals surface area contributed by atoms with Crippen LogP contribution in [0.1, 0.15) is 24.1 Å². The number of nitrogens with zero attached hydrogens (tertiary/aromatic N) is 3. The maximum atomic E-state index is 13.9. The van der Waals surface area contributed by atoms with Gasteiger partial charge in [-0.1, -0.05) is 12.1 Å². The molecule has 3 rings (SSSR count). The zero-order chi connectivity index (χ0) is 35.4.